The van der Waals surface area contributed by atoms with Gasteiger partial charge in [-0.3, -0.25) is 9.78 Å². The predicted molar refractivity (Wildman–Crippen MR) is 132 cm³/mol. The fourth-order valence-corrected chi connectivity index (χ4v) is 4.99. The Bertz CT molecular complexity index is 1540. The van der Waals surface area contributed by atoms with Crippen LogP contribution in [0.5, 0.6) is 0 Å². The molecule has 1 amide bonds. The molecule has 1 saturated carbocycles. The number of anilines is 3. The van der Waals surface area contributed by atoms with Gasteiger partial charge in [0, 0.05) is 60.2 Å². The average Bonchev–Trinajstić information content (AvgIpc) is 3.60. The first-order valence-corrected chi connectivity index (χ1v) is 11.4. The zero-order valence-corrected chi connectivity index (χ0v) is 19.1. The first kappa shape index (κ1) is 21.0. The van der Waals surface area contributed by atoms with Gasteiger partial charge in [0.1, 0.15) is 23.5 Å². The molecule has 172 valence electrons. The summed E-state index contributed by atoms with van der Waals surface area (Å²) in [5.74, 6) is 1.43. The van der Waals surface area contributed by atoms with Crippen molar-refractivity contribution in [2.24, 2.45) is 11.3 Å². The molecule has 1 saturated heterocycles. The van der Waals surface area contributed by atoms with Crippen LogP contribution in [-0.4, -0.2) is 38.9 Å². The number of amides is 1. The maximum atomic E-state index is 13.0. The molecule has 9 heteroatoms. The normalized spacial score (nSPS) is 17.6. The largest absolute Gasteiger partial charge is 0.383 e. The number of carbonyl (C=O) groups excluding carboxylic acids is 1. The fraction of sp³-hybridized carbons (Fsp3) is 0.231. The van der Waals surface area contributed by atoms with Gasteiger partial charge in [-0.15, -0.1) is 0 Å². The maximum absolute atomic E-state index is 13.0. The number of nitrogen functional groups attached to an aromatic ring is 1. The first-order chi connectivity index (χ1) is 17.0. The van der Waals surface area contributed by atoms with Crippen molar-refractivity contribution in [3.8, 4) is 17.3 Å². The Morgan fingerprint density at radius 2 is 2.09 bits per heavy atom. The van der Waals surface area contributed by atoms with Crippen molar-refractivity contribution in [1.82, 2.24) is 19.9 Å². The number of nitrogens with zero attached hydrogens (tertiary/aromatic N) is 6. The number of pyridine rings is 4. The minimum Gasteiger partial charge on any atom is -0.383 e. The van der Waals surface area contributed by atoms with Crippen molar-refractivity contribution in [2.45, 2.75) is 13.3 Å². The standard InChI is InChI=1S/C26H22N8O/c1-15-4-6-29-11-18(15)21-7-17-8-22(31-12-19(17)23(28)32-21)33-25(35)20-9-26(20)13-34(14-26)24-16(10-27)3-2-5-30-24/h2-8,11-12,20H,9,13-14H2,1H3,(H2,28,32)(H,31,33,35)/t20-/m0/s1. The molecule has 0 unspecified atom stereocenters. The van der Waals surface area contributed by atoms with Gasteiger partial charge in [-0.05, 0) is 54.6 Å². The van der Waals surface area contributed by atoms with Crippen molar-refractivity contribution < 1.29 is 4.79 Å². The van der Waals surface area contributed by atoms with Crippen LogP contribution in [0.4, 0.5) is 17.5 Å². The second-order valence-corrected chi connectivity index (χ2v) is 9.32. The number of aromatic nitrogens is 4. The van der Waals surface area contributed by atoms with E-state index in [0.29, 0.717) is 23.0 Å². The van der Waals surface area contributed by atoms with Gasteiger partial charge >= 0.3 is 0 Å². The highest BCUT2D eigenvalue weighted by Gasteiger charge is 2.64. The molecule has 0 bridgehead atoms. The third-order valence-electron chi connectivity index (χ3n) is 7.04. The summed E-state index contributed by atoms with van der Waals surface area (Å²) in [6.07, 6.45) is 7.66. The monoisotopic (exact) mass is 462 g/mol. The van der Waals surface area contributed by atoms with Crippen LogP contribution >= 0.6 is 0 Å². The molecular weight excluding hydrogens is 440 g/mol. The highest BCUT2D eigenvalue weighted by Crippen LogP contribution is 2.59. The minimum absolute atomic E-state index is 0.0385. The molecule has 35 heavy (non-hydrogen) atoms. The molecule has 0 aromatic carbocycles. The summed E-state index contributed by atoms with van der Waals surface area (Å²) >= 11 is 0. The summed E-state index contributed by atoms with van der Waals surface area (Å²) in [6, 6.07) is 11.4. The molecule has 2 fully saturated rings. The highest BCUT2D eigenvalue weighted by atomic mass is 16.2. The molecule has 3 N–H and O–H groups in total. The molecule has 1 spiro atoms. The Labute approximate surface area is 201 Å². The van der Waals surface area contributed by atoms with Crippen LogP contribution in [0.15, 0.2) is 55.1 Å². The summed E-state index contributed by atoms with van der Waals surface area (Å²) < 4.78 is 0. The lowest BCUT2D eigenvalue weighted by Crippen LogP contribution is -2.51. The van der Waals surface area contributed by atoms with Crippen molar-refractivity contribution >= 4 is 34.1 Å². The lowest BCUT2D eigenvalue weighted by atomic mass is 9.92. The fourth-order valence-electron chi connectivity index (χ4n) is 4.99. The van der Waals surface area contributed by atoms with E-state index in [1.165, 1.54) is 0 Å². The molecule has 0 radical (unpaired) electrons. The number of carbonyl (C=O) groups is 1. The van der Waals surface area contributed by atoms with E-state index in [-0.39, 0.29) is 17.2 Å². The second kappa shape index (κ2) is 7.74. The van der Waals surface area contributed by atoms with Crippen LogP contribution in [-0.2, 0) is 4.79 Å². The van der Waals surface area contributed by atoms with Crippen molar-refractivity contribution in [3.63, 3.8) is 0 Å². The van der Waals surface area contributed by atoms with E-state index >= 15 is 0 Å². The third-order valence-corrected chi connectivity index (χ3v) is 7.04. The third kappa shape index (κ3) is 3.51. The summed E-state index contributed by atoms with van der Waals surface area (Å²) in [5, 5.41) is 13.9. The molecule has 2 aliphatic rings. The topological polar surface area (TPSA) is 134 Å². The lowest BCUT2D eigenvalue weighted by Gasteiger charge is -2.41. The molecule has 9 nitrogen and oxygen atoms in total. The van der Waals surface area contributed by atoms with Gasteiger partial charge in [0.25, 0.3) is 0 Å². The smallest absolute Gasteiger partial charge is 0.229 e. The number of rotatable bonds is 4. The summed E-state index contributed by atoms with van der Waals surface area (Å²) in [6.45, 7) is 3.44. The molecule has 1 aliphatic heterocycles. The molecule has 4 aromatic heterocycles. The Balaban J connectivity index is 1.18. The second-order valence-electron chi connectivity index (χ2n) is 9.32. The molecule has 6 rings (SSSR count). The molecule has 4 aromatic rings. The van der Waals surface area contributed by atoms with E-state index < -0.39 is 0 Å². The Kier molecular flexibility index (Phi) is 4.64. The van der Waals surface area contributed by atoms with Crippen molar-refractivity contribution in [1.29, 1.82) is 5.26 Å². The van der Waals surface area contributed by atoms with Crippen molar-refractivity contribution in [3.05, 3.63) is 66.2 Å². The number of nitrogens with two attached hydrogens (primary N) is 1. The quantitative estimate of drug-likeness (QED) is 0.472. The van der Waals surface area contributed by atoms with Crippen LogP contribution < -0.4 is 16.0 Å². The van der Waals surface area contributed by atoms with Gasteiger partial charge in [-0.1, -0.05) is 0 Å². The Morgan fingerprint density at radius 3 is 2.89 bits per heavy atom. The number of fused-ring (bicyclic) bond motifs is 1. The zero-order valence-electron chi connectivity index (χ0n) is 19.1. The van der Waals surface area contributed by atoms with Gasteiger partial charge in [0.2, 0.25) is 5.91 Å². The molecule has 5 heterocycles. The highest BCUT2D eigenvalue weighted by molar-refractivity contribution is 5.99. The summed E-state index contributed by atoms with van der Waals surface area (Å²) in [5.41, 5.74) is 9.40. The number of nitrogens with one attached hydrogen (secondary N) is 1. The molecule has 1 aliphatic carbocycles. The Morgan fingerprint density at radius 1 is 1.23 bits per heavy atom. The first-order valence-electron chi connectivity index (χ1n) is 11.4. The molecular formula is C26H22N8O. The summed E-state index contributed by atoms with van der Waals surface area (Å²) in [4.78, 5) is 32.5. The van der Waals surface area contributed by atoms with Crippen LogP contribution in [0.3, 0.4) is 0 Å². The van der Waals surface area contributed by atoms with E-state index in [1.54, 1.807) is 36.9 Å². The van der Waals surface area contributed by atoms with Crippen LogP contribution in [0.2, 0.25) is 0 Å². The number of hydrogen-bond acceptors (Lipinski definition) is 8. The van der Waals surface area contributed by atoms with Crippen LogP contribution in [0.25, 0.3) is 22.0 Å². The van der Waals surface area contributed by atoms with Crippen LogP contribution in [0.1, 0.15) is 17.5 Å². The van der Waals surface area contributed by atoms with Gasteiger partial charge in [-0.25, -0.2) is 15.0 Å². The zero-order chi connectivity index (χ0) is 24.2. The number of hydrogen-bond donors (Lipinski definition) is 2. The predicted octanol–water partition coefficient (Wildman–Crippen LogP) is 3.31. The maximum Gasteiger partial charge on any atom is 0.229 e. The van der Waals surface area contributed by atoms with Crippen LogP contribution in [0, 0.1) is 29.6 Å². The van der Waals surface area contributed by atoms with Gasteiger partial charge < -0.3 is 16.0 Å². The number of aryl methyl sites for hydroxylation is 1. The molecule has 1 atom stereocenters. The van der Waals surface area contributed by atoms with E-state index in [0.717, 1.165) is 47.1 Å². The SMILES string of the molecule is Cc1ccncc1-c1cc2cc(NC(=O)[C@@H]3CC34CN(c3ncccc3C#N)C4)ncc2c(N)n1. The number of nitriles is 1. The van der Waals surface area contributed by atoms with E-state index in [2.05, 4.69) is 36.2 Å². The van der Waals surface area contributed by atoms with E-state index in [9.17, 15) is 10.1 Å². The van der Waals surface area contributed by atoms with Crippen molar-refractivity contribution in [2.75, 3.05) is 29.0 Å². The average molecular weight is 463 g/mol. The lowest BCUT2D eigenvalue weighted by molar-refractivity contribution is -0.118. The summed E-state index contributed by atoms with van der Waals surface area (Å²) in [7, 11) is 0. The minimum atomic E-state index is -0.0818. The van der Waals surface area contributed by atoms with Gasteiger partial charge in [-0.2, -0.15) is 5.26 Å². The van der Waals surface area contributed by atoms with Gasteiger partial charge in [0.15, 0.2) is 0 Å². The van der Waals surface area contributed by atoms with E-state index in [1.807, 2.05) is 25.1 Å². The van der Waals surface area contributed by atoms with E-state index in [4.69, 9.17) is 5.73 Å². The Hall–Kier alpha value is -4.58. The van der Waals surface area contributed by atoms with Gasteiger partial charge in [0.05, 0.1) is 11.3 Å².